The molecule has 0 bridgehead atoms. The number of nitrogens with one attached hydrogen (secondary N) is 1. The Morgan fingerprint density at radius 2 is 2.18 bits per heavy atom. The van der Waals surface area contributed by atoms with Gasteiger partial charge in [-0.25, -0.2) is 4.79 Å². The third-order valence-electron chi connectivity index (χ3n) is 2.14. The zero-order chi connectivity index (χ0) is 13.0. The largest absolute Gasteiger partial charge is 0.480 e. The molecule has 2 N–H and O–H groups in total. The molecule has 1 rings (SSSR count). The number of carboxylic acid groups (broad SMARTS) is 1. The monoisotopic (exact) mass is 367 g/mol. The Morgan fingerprint density at radius 1 is 1.53 bits per heavy atom. The summed E-state index contributed by atoms with van der Waals surface area (Å²) in [4.78, 5) is 22.8. The molecule has 1 aromatic rings. The van der Waals surface area contributed by atoms with E-state index in [0.717, 1.165) is 2.88 Å². The van der Waals surface area contributed by atoms with Gasteiger partial charge in [-0.2, -0.15) is 0 Å². The molecule has 0 unspecified atom stereocenters. The number of carboxylic acids is 1. The van der Waals surface area contributed by atoms with E-state index in [1.54, 1.807) is 11.4 Å². The van der Waals surface area contributed by atoms with Crippen LogP contribution >= 0.6 is 33.9 Å². The van der Waals surface area contributed by atoms with Crippen molar-refractivity contribution < 1.29 is 14.7 Å². The van der Waals surface area contributed by atoms with E-state index < -0.39 is 12.0 Å². The quantitative estimate of drug-likeness (QED) is 0.787. The van der Waals surface area contributed by atoms with Gasteiger partial charge >= 0.3 is 5.97 Å². The smallest absolute Gasteiger partial charge is 0.326 e. The van der Waals surface area contributed by atoms with E-state index in [-0.39, 0.29) is 11.8 Å². The molecule has 1 heterocycles. The summed E-state index contributed by atoms with van der Waals surface area (Å²) < 4.78 is 1.00. The van der Waals surface area contributed by atoms with Gasteiger partial charge in [-0.15, -0.1) is 11.3 Å². The maximum atomic E-state index is 11.8. The molecule has 1 aromatic heterocycles. The van der Waals surface area contributed by atoms with Gasteiger partial charge in [0.1, 0.15) is 6.04 Å². The van der Waals surface area contributed by atoms with Crippen LogP contribution in [0.3, 0.4) is 0 Å². The topological polar surface area (TPSA) is 66.4 Å². The van der Waals surface area contributed by atoms with E-state index in [1.807, 2.05) is 13.8 Å². The summed E-state index contributed by atoms with van der Waals surface area (Å²) in [5.41, 5.74) is 0.523. The van der Waals surface area contributed by atoms with Crippen LogP contribution in [-0.4, -0.2) is 23.0 Å². The van der Waals surface area contributed by atoms with Crippen LogP contribution in [0, 0.1) is 8.80 Å². The highest BCUT2D eigenvalue weighted by Crippen LogP contribution is 2.17. The van der Waals surface area contributed by atoms with Gasteiger partial charge in [0.05, 0.1) is 8.45 Å². The highest BCUT2D eigenvalue weighted by atomic mass is 127. The molecule has 4 nitrogen and oxygen atoms in total. The maximum Gasteiger partial charge on any atom is 0.326 e. The lowest BCUT2D eigenvalue weighted by Gasteiger charge is -2.15. The molecule has 0 aromatic carbocycles. The second-order valence-electron chi connectivity index (χ2n) is 4.13. The first-order chi connectivity index (χ1) is 7.90. The Hall–Kier alpha value is -0.630. The van der Waals surface area contributed by atoms with Crippen molar-refractivity contribution in [1.82, 2.24) is 5.32 Å². The molecule has 0 radical (unpaired) electrons. The van der Waals surface area contributed by atoms with Crippen LogP contribution in [-0.2, 0) is 4.79 Å². The molecule has 94 valence electrons. The second-order valence-corrected chi connectivity index (χ2v) is 6.94. The maximum absolute atomic E-state index is 11.8. The number of carbonyl (C=O) groups is 2. The van der Waals surface area contributed by atoms with E-state index in [4.69, 9.17) is 5.11 Å². The molecular formula is C11H14INO3S. The highest BCUT2D eigenvalue weighted by molar-refractivity contribution is 14.1. The zero-order valence-electron chi connectivity index (χ0n) is 9.57. The van der Waals surface area contributed by atoms with E-state index >= 15 is 0 Å². The van der Waals surface area contributed by atoms with Crippen LogP contribution in [0.5, 0.6) is 0 Å². The molecule has 1 amide bonds. The molecule has 0 saturated carbocycles. The van der Waals surface area contributed by atoms with Crippen LogP contribution in [0.15, 0.2) is 11.4 Å². The first-order valence-corrected chi connectivity index (χ1v) is 7.13. The lowest BCUT2D eigenvalue weighted by atomic mass is 10.0. The van der Waals surface area contributed by atoms with Crippen molar-refractivity contribution in [1.29, 1.82) is 0 Å². The minimum absolute atomic E-state index is 0.221. The third-order valence-corrected chi connectivity index (χ3v) is 3.93. The van der Waals surface area contributed by atoms with Gasteiger partial charge in [0.15, 0.2) is 0 Å². The van der Waals surface area contributed by atoms with Gasteiger partial charge in [-0.3, -0.25) is 4.79 Å². The molecule has 0 spiro atoms. The van der Waals surface area contributed by atoms with E-state index in [9.17, 15) is 9.59 Å². The van der Waals surface area contributed by atoms with Gasteiger partial charge < -0.3 is 10.4 Å². The number of hydrogen-bond donors (Lipinski definition) is 2. The molecule has 0 aliphatic carbocycles. The van der Waals surface area contributed by atoms with Crippen molar-refractivity contribution in [3.63, 3.8) is 0 Å². The Bertz CT molecular complexity index is 417. The predicted molar refractivity (Wildman–Crippen MR) is 75.4 cm³/mol. The van der Waals surface area contributed by atoms with Crippen molar-refractivity contribution >= 4 is 45.8 Å². The van der Waals surface area contributed by atoms with Gasteiger partial charge in [-0.05, 0) is 41.0 Å². The summed E-state index contributed by atoms with van der Waals surface area (Å²) >= 11 is 3.58. The summed E-state index contributed by atoms with van der Waals surface area (Å²) in [6.07, 6.45) is 0.433. The van der Waals surface area contributed by atoms with E-state index in [0.29, 0.717) is 12.0 Å². The van der Waals surface area contributed by atoms with Crippen molar-refractivity contribution in [3.05, 3.63) is 19.9 Å². The molecular weight excluding hydrogens is 353 g/mol. The van der Waals surface area contributed by atoms with E-state index in [2.05, 4.69) is 27.9 Å². The standard InChI is InChI=1S/C11H14INO3S/c1-6(2)3-8(11(15)16)13-10(14)7-4-9(12)17-5-7/h4-6,8H,3H2,1-2H3,(H,13,14)(H,15,16)/t8-/m1/s1. The number of amides is 1. The Balaban J connectivity index is 2.67. The van der Waals surface area contributed by atoms with Gasteiger partial charge in [-0.1, -0.05) is 13.8 Å². The molecule has 0 aliphatic rings. The first-order valence-electron chi connectivity index (χ1n) is 5.18. The number of aliphatic carboxylic acids is 1. The molecule has 1 atom stereocenters. The van der Waals surface area contributed by atoms with Crippen molar-refractivity contribution in [2.45, 2.75) is 26.3 Å². The van der Waals surface area contributed by atoms with Gasteiger partial charge in [0.2, 0.25) is 0 Å². The molecule has 6 heteroatoms. The average molecular weight is 367 g/mol. The highest BCUT2D eigenvalue weighted by Gasteiger charge is 2.22. The normalized spacial score (nSPS) is 12.5. The number of rotatable bonds is 5. The Kier molecular flexibility index (Phi) is 5.38. The summed E-state index contributed by atoms with van der Waals surface area (Å²) in [5.74, 6) is -1.09. The predicted octanol–water partition coefficient (Wildman–Crippen LogP) is 2.58. The minimum atomic E-state index is -0.989. The summed E-state index contributed by atoms with van der Waals surface area (Å²) in [5, 5.41) is 13.3. The van der Waals surface area contributed by atoms with Crippen LogP contribution in [0.25, 0.3) is 0 Å². The summed E-state index contributed by atoms with van der Waals surface area (Å²) in [6.45, 7) is 3.85. The Labute approximate surface area is 118 Å². The fourth-order valence-corrected chi connectivity index (χ4v) is 2.69. The number of hydrogen-bond acceptors (Lipinski definition) is 3. The lowest BCUT2D eigenvalue weighted by Crippen LogP contribution is -2.41. The SMILES string of the molecule is CC(C)C[C@@H](NC(=O)c1csc(I)c1)C(=O)O. The van der Waals surface area contributed by atoms with Gasteiger partial charge in [0.25, 0.3) is 5.91 Å². The van der Waals surface area contributed by atoms with Crippen molar-refractivity contribution in [3.8, 4) is 0 Å². The fourth-order valence-electron chi connectivity index (χ4n) is 1.36. The average Bonchev–Trinajstić information content (AvgIpc) is 2.63. The van der Waals surface area contributed by atoms with Crippen molar-refractivity contribution in [2.75, 3.05) is 0 Å². The number of halogens is 1. The third kappa shape index (κ3) is 4.63. The zero-order valence-corrected chi connectivity index (χ0v) is 12.5. The van der Waals surface area contributed by atoms with Crippen LogP contribution in [0.1, 0.15) is 30.6 Å². The second kappa shape index (κ2) is 6.34. The molecule has 0 fully saturated rings. The van der Waals surface area contributed by atoms with Crippen LogP contribution in [0.4, 0.5) is 0 Å². The number of carbonyl (C=O) groups excluding carboxylic acids is 1. The minimum Gasteiger partial charge on any atom is -0.480 e. The van der Waals surface area contributed by atoms with Crippen LogP contribution < -0.4 is 5.32 Å². The molecule has 0 aliphatic heterocycles. The van der Waals surface area contributed by atoms with Crippen LogP contribution in [0.2, 0.25) is 0 Å². The molecule has 17 heavy (non-hydrogen) atoms. The number of thiophene rings is 1. The summed E-state index contributed by atoms with van der Waals surface area (Å²) in [6, 6.07) is 0.925. The van der Waals surface area contributed by atoms with E-state index in [1.165, 1.54) is 11.3 Å². The Morgan fingerprint density at radius 3 is 2.59 bits per heavy atom. The van der Waals surface area contributed by atoms with Crippen molar-refractivity contribution in [2.24, 2.45) is 5.92 Å². The molecule has 0 saturated heterocycles. The lowest BCUT2D eigenvalue weighted by molar-refractivity contribution is -0.139. The first kappa shape index (κ1) is 14.4. The van der Waals surface area contributed by atoms with Gasteiger partial charge in [0, 0.05) is 5.38 Å². The summed E-state index contributed by atoms with van der Waals surface area (Å²) in [7, 11) is 0. The fraction of sp³-hybridized carbons (Fsp3) is 0.455.